The van der Waals surface area contributed by atoms with E-state index in [1.807, 2.05) is 6.92 Å². The van der Waals surface area contributed by atoms with Crippen LogP contribution in [0.5, 0.6) is 0 Å². The summed E-state index contributed by atoms with van der Waals surface area (Å²) in [5.41, 5.74) is 0.365. The molecule has 0 spiro atoms. The van der Waals surface area contributed by atoms with Gasteiger partial charge in [0.25, 0.3) is 0 Å². The van der Waals surface area contributed by atoms with Gasteiger partial charge in [0.15, 0.2) is 0 Å². The molecule has 1 saturated heterocycles. The lowest BCUT2D eigenvalue weighted by molar-refractivity contribution is 0.428. The van der Waals surface area contributed by atoms with Gasteiger partial charge in [0.2, 0.25) is 20.0 Å². The van der Waals surface area contributed by atoms with Crippen LogP contribution in [0.4, 0.5) is 5.69 Å². The molecule has 24 heavy (non-hydrogen) atoms. The van der Waals surface area contributed by atoms with Crippen molar-refractivity contribution in [2.24, 2.45) is 0 Å². The van der Waals surface area contributed by atoms with E-state index < -0.39 is 20.0 Å². The molecule has 1 aromatic carbocycles. The molecule has 0 aromatic heterocycles. The SMILES string of the molecule is CCCCS(=O)(=O)Nc1ccc(S(=O)(=O)NC2CCCNC2)cc1. The molecule has 0 aliphatic carbocycles. The Hall–Kier alpha value is -1.16. The summed E-state index contributed by atoms with van der Waals surface area (Å²) in [7, 11) is -6.99. The van der Waals surface area contributed by atoms with Gasteiger partial charge in [0.1, 0.15) is 0 Å². The Morgan fingerprint density at radius 2 is 1.88 bits per heavy atom. The molecule has 3 N–H and O–H groups in total. The number of sulfonamides is 2. The Bertz CT molecular complexity index is 724. The second kappa shape index (κ2) is 8.28. The number of benzene rings is 1. The number of hydrogen-bond donors (Lipinski definition) is 3. The molecule has 0 radical (unpaired) electrons. The van der Waals surface area contributed by atoms with Gasteiger partial charge in [-0.2, -0.15) is 0 Å². The minimum atomic E-state index is -3.60. The molecule has 1 fully saturated rings. The molecule has 1 heterocycles. The van der Waals surface area contributed by atoms with Crippen LogP contribution in [0.1, 0.15) is 32.6 Å². The van der Waals surface area contributed by atoms with E-state index in [-0.39, 0.29) is 16.7 Å². The van der Waals surface area contributed by atoms with E-state index in [0.29, 0.717) is 18.7 Å². The van der Waals surface area contributed by atoms with Gasteiger partial charge < -0.3 is 5.32 Å². The summed E-state index contributed by atoms with van der Waals surface area (Å²) in [5, 5.41) is 3.16. The maximum Gasteiger partial charge on any atom is 0.240 e. The highest BCUT2D eigenvalue weighted by Gasteiger charge is 2.21. The molecule has 1 aliphatic rings. The number of anilines is 1. The van der Waals surface area contributed by atoms with Crippen molar-refractivity contribution in [3.8, 4) is 0 Å². The van der Waals surface area contributed by atoms with E-state index in [1.165, 1.54) is 24.3 Å². The number of nitrogens with one attached hydrogen (secondary N) is 3. The molecule has 1 unspecified atom stereocenters. The fourth-order valence-electron chi connectivity index (χ4n) is 2.51. The van der Waals surface area contributed by atoms with Crippen LogP contribution in [-0.4, -0.2) is 41.7 Å². The van der Waals surface area contributed by atoms with E-state index in [1.54, 1.807) is 0 Å². The molecule has 0 saturated carbocycles. The van der Waals surface area contributed by atoms with Crippen molar-refractivity contribution in [2.45, 2.75) is 43.5 Å². The van der Waals surface area contributed by atoms with E-state index in [4.69, 9.17) is 0 Å². The lowest BCUT2D eigenvalue weighted by Gasteiger charge is -2.23. The van der Waals surface area contributed by atoms with Gasteiger partial charge in [-0.25, -0.2) is 21.6 Å². The summed E-state index contributed by atoms with van der Waals surface area (Å²) >= 11 is 0. The van der Waals surface area contributed by atoms with Gasteiger partial charge in [-0.1, -0.05) is 13.3 Å². The van der Waals surface area contributed by atoms with Crippen LogP contribution in [0.25, 0.3) is 0 Å². The van der Waals surface area contributed by atoms with Crippen LogP contribution in [0, 0.1) is 0 Å². The Morgan fingerprint density at radius 1 is 1.17 bits per heavy atom. The quantitative estimate of drug-likeness (QED) is 0.634. The lowest BCUT2D eigenvalue weighted by Crippen LogP contribution is -2.45. The van der Waals surface area contributed by atoms with Crippen molar-refractivity contribution < 1.29 is 16.8 Å². The first-order valence-electron chi connectivity index (χ1n) is 8.16. The molecule has 9 heteroatoms. The minimum absolute atomic E-state index is 0.0553. The highest BCUT2D eigenvalue weighted by Crippen LogP contribution is 2.17. The Labute approximate surface area is 144 Å². The second-order valence-corrected chi connectivity index (χ2v) is 9.52. The maximum absolute atomic E-state index is 12.4. The van der Waals surface area contributed by atoms with Crippen LogP contribution in [-0.2, 0) is 20.0 Å². The molecular weight excluding hydrogens is 350 g/mol. The summed E-state index contributed by atoms with van der Waals surface area (Å²) in [4.78, 5) is 0.129. The van der Waals surface area contributed by atoms with Crippen LogP contribution in [0.2, 0.25) is 0 Å². The monoisotopic (exact) mass is 375 g/mol. The molecule has 7 nitrogen and oxygen atoms in total. The van der Waals surface area contributed by atoms with Crippen molar-refractivity contribution in [3.05, 3.63) is 24.3 Å². The Morgan fingerprint density at radius 3 is 2.46 bits per heavy atom. The van der Waals surface area contributed by atoms with Gasteiger partial charge in [-0.15, -0.1) is 0 Å². The second-order valence-electron chi connectivity index (χ2n) is 5.96. The van der Waals surface area contributed by atoms with Gasteiger partial charge in [-0.3, -0.25) is 4.72 Å². The molecule has 1 aliphatic heterocycles. The van der Waals surface area contributed by atoms with E-state index in [2.05, 4.69) is 14.8 Å². The summed E-state index contributed by atoms with van der Waals surface area (Å²) in [6.45, 7) is 3.45. The Balaban J connectivity index is 2.02. The number of unbranched alkanes of at least 4 members (excludes halogenated alkanes) is 1. The zero-order valence-corrected chi connectivity index (χ0v) is 15.4. The predicted octanol–water partition coefficient (Wildman–Crippen LogP) is 1.26. The third-order valence-corrected chi connectivity index (χ3v) is 6.73. The van der Waals surface area contributed by atoms with Crippen molar-refractivity contribution in [1.29, 1.82) is 0 Å². The van der Waals surface area contributed by atoms with Gasteiger partial charge in [-0.05, 0) is 50.1 Å². The lowest BCUT2D eigenvalue weighted by atomic mass is 10.1. The average molecular weight is 376 g/mol. The smallest absolute Gasteiger partial charge is 0.240 e. The molecule has 0 amide bonds. The van der Waals surface area contributed by atoms with Gasteiger partial charge in [0.05, 0.1) is 10.6 Å². The van der Waals surface area contributed by atoms with E-state index in [9.17, 15) is 16.8 Å². The summed E-state index contributed by atoms with van der Waals surface area (Å²) < 4.78 is 53.6. The minimum Gasteiger partial charge on any atom is -0.315 e. The largest absolute Gasteiger partial charge is 0.315 e. The summed E-state index contributed by atoms with van der Waals surface area (Å²) in [6, 6.07) is 5.65. The molecule has 1 atom stereocenters. The number of rotatable bonds is 8. The zero-order valence-electron chi connectivity index (χ0n) is 13.8. The fraction of sp³-hybridized carbons (Fsp3) is 0.600. The third kappa shape index (κ3) is 5.73. The van der Waals surface area contributed by atoms with Gasteiger partial charge in [0, 0.05) is 18.3 Å². The van der Waals surface area contributed by atoms with E-state index >= 15 is 0 Å². The van der Waals surface area contributed by atoms with Crippen LogP contribution in [0.3, 0.4) is 0 Å². The molecular formula is C15H25N3O4S2. The topological polar surface area (TPSA) is 104 Å². The van der Waals surface area contributed by atoms with Gasteiger partial charge >= 0.3 is 0 Å². The summed E-state index contributed by atoms with van der Waals surface area (Å²) in [5.74, 6) is 0.0553. The van der Waals surface area contributed by atoms with Crippen molar-refractivity contribution >= 4 is 25.7 Å². The number of hydrogen-bond acceptors (Lipinski definition) is 5. The average Bonchev–Trinajstić information content (AvgIpc) is 2.54. The fourth-order valence-corrected chi connectivity index (χ4v) is 5.04. The molecule has 2 rings (SSSR count). The first-order chi connectivity index (χ1) is 11.3. The van der Waals surface area contributed by atoms with Crippen LogP contribution in [0.15, 0.2) is 29.2 Å². The first-order valence-corrected chi connectivity index (χ1v) is 11.3. The standard InChI is InChI=1S/C15H25N3O4S2/c1-2-3-11-23(19,20)17-13-6-8-15(9-7-13)24(21,22)18-14-5-4-10-16-12-14/h6-9,14,16-18H,2-5,10-12H2,1H3. The highest BCUT2D eigenvalue weighted by atomic mass is 32.2. The normalized spacial score (nSPS) is 19.1. The predicted molar refractivity (Wildman–Crippen MR) is 95.0 cm³/mol. The first kappa shape index (κ1) is 19.2. The molecule has 0 bridgehead atoms. The van der Waals surface area contributed by atoms with Crippen molar-refractivity contribution in [2.75, 3.05) is 23.6 Å². The molecule has 136 valence electrons. The number of piperidine rings is 1. The Kier molecular flexibility index (Phi) is 6.62. The van der Waals surface area contributed by atoms with Crippen LogP contribution < -0.4 is 14.8 Å². The van der Waals surface area contributed by atoms with E-state index in [0.717, 1.165) is 25.8 Å². The zero-order chi connectivity index (χ0) is 17.6. The van der Waals surface area contributed by atoms with Crippen molar-refractivity contribution in [3.63, 3.8) is 0 Å². The molecule has 1 aromatic rings. The highest BCUT2D eigenvalue weighted by molar-refractivity contribution is 7.92. The van der Waals surface area contributed by atoms with Crippen LogP contribution >= 0.6 is 0 Å². The summed E-state index contributed by atoms with van der Waals surface area (Å²) in [6.07, 6.45) is 3.12. The third-order valence-electron chi connectivity index (χ3n) is 3.82. The maximum atomic E-state index is 12.4. The van der Waals surface area contributed by atoms with Crippen molar-refractivity contribution in [1.82, 2.24) is 10.0 Å².